The molecular weight excluding hydrogens is 765 g/mol. The van der Waals surface area contributed by atoms with Crippen LogP contribution in [0, 0.1) is 6.92 Å². The zero-order chi connectivity index (χ0) is 37.5. The van der Waals surface area contributed by atoms with E-state index in [-0.39, 0.29) is 38.9 Å². The van der Waals surface area contributed by atoms with Crippen LogP contribution in [0.2, 0.25) is 0 Å². The van der Waals surface area contributed by atoms with Gasteiger partial charge in [0, 0.05) is 9.79 Å². The van der Waals surface area contributed by atoms with Gasteiger partial charge in [0.25, 0.3) is 26.1 Å². The Hall–Kier alpha value is -4.44. The number of amides is 1. The lowest BCUT2D eigenvalue weighted by Crippen LogP contribution is -2.24. The lowest BCUT2D eigenvalue weighted by Gasteiger charge is -2.15. The van der Waals surface area contributed by atoms with Gasteiger partial charge in [0.1, 0.15) is 9.79 Å². The first-order valence-corrected chi connectivity index (χ1v) is 18.0. The number of aromatic hydroxyl groups is 1. The molecule has 2 aromatic carbocycles. The van der Waals surface area contributed by atoms with Crippen LogP contribution in [0.4, 0.5) is 5.69 Å². The average molecular weight is 789 g/mol. The van der Waals surface area contributed by atoms with Crippen molar-refractivity contribution in [2.75, 3.05) is 11.6 Å². The Morgan fingerprint density at radius 1 is 0.902 bits per heavy atom. The minimum Gasteiger partial charge on any atom is -0.493 e. The van der Waals surface area contributed by atoms with E-state index in [9.17, 15) is 40.6 Å². The second-order valence-corrected chi connectivity index (χ2v) is 13.8. The SMILES string of the molecule is CCOC(=O)C1=NN(c2cc(SOOO)ccc2S(=O)(=O)O)C(=O)/C1=C\C=CC=Cc1c(C)nn(-c2cc(SOOO)ccc2S(=O)(=O)O)c1O. The van der Waals surface area contributed by atoms with Crippen LogP contribution in [0.5, 0.6) is 5.88 Å². The Bertz CT molecular complexity index is 2180. The molecule has 0 fully saturated rings. The van der Waals surface area contributed by atoms with Crippen LogP contribution in [0.25, 0.3) is 11.8 Å². The fourth-order valence-corrected chi connectivity index (χ4v) is 6.39. The van der Waals surface area contributed by atoms with E-state index in [4.69, 9.17) is 15.3 Å². The van der Waals surface area contributed by atoms with Gasteiger partial charge in [-0.05, 0) is 62.4 Å². The largest absolute Gasteiger partial charge is 0.493 e. The van der Waals surface area contributed by atoms with Crippen LogP contribution >= 0.6 is 24.1 Å². The molecule has 3 aromatic rings. The van der Waals surface area contributed by atoms with E-state index in [1.54, 1.807) is 0 Å². The molecule has 51 heavy (non-hydrogen) atoms. The summed E-state index contributed by atoms with van der Waals surface area (Å²) in [7, 11) is -9.73. The first-order chi connectivity index (χ1) is 24.1. The van der Waals surface area contributed by atoms with Gasteiger partial charge in [-0.2, -0.15) is 36.7 Å². The Morgan fingerprint density at radius 2 is 1.47 bits per heavy atom. The fourth-order valence-electron chi connectivity index (χ4n) is 4.31. The van der Waals surface area contributed by atoms with Crippen molar-refractivity contribution in [3.63, 3.8) is 0 Å². The number of hydrogen-bond acceptors (Lipinski definition) is 18. The summed E-state index contributed by atoms with van der Waals surface area (Å²) < 4.78 is 82.3. The second-order valence-electron chi connectivity index (χ2n) is 9.51. The standard InChI is InChI=1S/C27H24N4O16S4/c1-3-43-27(34)24-19(26(33)31(29-24)21-14-17(49-47-45-36)10-12-23(21)51(40,41)42)8-6-4-5-7-18-15(2)28-30(25(18)32)20-13-16(48-46-44-35)9-11-22(20)50(37,38)39/h4-14,32,35-36H,3H2,1-2H3,(H,37,38,39)(H,40,41,42)/b6-4?,7-5?,19-8-. The number of allylic oxidation sites excluding steroid dienone is 4. The lowest BCUT2D eigenvalue weighted by atomic mass is 10.1. The molecule has 4 rings (SSSR count). The number of anilines is 1. The summed E-state index contributed by atoms with van der Waals surface area (Å²) in [6, 6.07) is 6.55. The number of nitrogens with zero attached hydrogens (tertiary/aromatic N) is 4. The molecule has 0 saturated heterocycles. The van der Waals surface area contributed by atoms with Crippen molar-refractivity contribution in [2.45, 2.75) is 33.4 Å². The number of aryl methyl sites for hydroxylation is 1. The van der Waals surface area contributed by atoms with Gasteiger partial charge < -0.3 is 9.84 Å². The molecule has 0 spiro atoms. The minimum atomic E-state index is -4.93. The summed E-state index contributed by atoms with van der Waals surface area (Å²) in [4.78, 5) is 25.1. The molecule has 0 aliphatic carbocycles. The minimum absolute atomic E-state index is 0.0857. The first kappa shape index (κ1) is 39.3. The number of hydrogen-bond donors (Lipinski definition) is 5. The van der Waals surface area contributed by atoms with Crippen LogP contribution < -0.4 is 5.01 Å². The molecule has 5 N–H and O–H groups in total. The summed E-state index contributed by atoms with van der Waals surface area (Å²) in [5.74, 6) is -2.58. The lowest BCUT2D eigenvalue weighted by molar-refractivity contribution is -0.432. The summed E-state index contributed by atoms with van der Waals surface area (Å²) in [5, 5.41) is 43.5. The van der Waals surface area contributed by atoms with E-state index in [2.05, 4.69) is 28.9 Å². The summed E-state index contributed by atoms with van der Waals surface area (Å²) in [5.41, 5.74) is -1.31. The van der Waals surface area contributed by atoms with Crippen molar-refractivity contribution in [1.29, 1.82) is 0 Å². The van der Waals surface area contributed by atoms with E-state index < -0.39 is 59.2 Å². The highest BCUT2D eigenvalue weighted by Gasteiger charge is 2.38. The number of rotatable bonds is 15. The van der Waals surface area contributed by atoms with Gasteiger partial charge in [-0.25, -0.2) is 15.3 Å². The van der Waals surface area contributed by atoms with Gasteiger partial charge >= 0.3 is 5.97 Å². The van der Waals surface area contributed by atoms with Crippen LogP contribution in [0.3, 0.4) is 0 Å². The molecule has 1 amide bonds. The van der Waals surface area contributed by atoms with Crippen molar-refractivity contribution in [1.82, 2.24) is 9.78 Å². The van der Waals surface area contributed by atoms with Gasteiger partial charge in [0.05, 0.1) is 58.9 Å². The molecule has 0 atom stereocenters. The molecule has 20 nitrogen and oxygen atoms in total. The zero-order valence-electron chi connectivity index (χ0n) is 25.7. The molecule has 0 saturated carbocycles. The van der Waals surface area contributed by atoms with Crippen molar-refractivity contribution >= 4 is 73.7 Å². The van der Waals surface area contributed by atoms with E-state index in [0.29, 0.717) is 29.1 Å². The Labute approximate surface area is 296 Å². The number of esters is 1. The van der Waals surface area contributed by atoms with Crippen LogP contribution in [-0.4, -0.2) is 75.5 Å². The quantitative estimate of drug-likeness (QED) is 0.0279. The molecule has 2 heterocycles. The molecule has 272 valence electrons. The molecule has 1 aliphatic rings. The predicted octanol–water partition coefficient (Wildman–Crippen LogP) is 3.70. The number of carbonyl (C=O) groups excluding carboxylic acids is 2. The maximum absolute atomic E-state index is 13.5. The third-order valence-corrected chi connectivity index (χ3v) is 9.32. The van der Waals surface area contributed by atoms with Crippen molar-refractivity contribution in [3.8, 4) is 11.6 Å². The molecule has 0 radical (unpaired) electrons. The molecule has 0 unspecified atom stereocenters. The highest BCUT2D eigenvalue weighted by Crippen LogP contribution is 2.35. The third kappa shape index (κ3) is 9.27. The van der Waals surface area contributed by atoms with Crippen molar-refractivity contribution in [2.24, 2.45) is 5.10 Å². The molecule has 1 aliphatic heterocycles. The maximum Gasteiger partial charge on any atom is 0.359 e. The molecular formula is C27H24N4O16S4. The Kier molecular flexibility index (Phi) is 12.9. The number of hydrazone groups is 1. The fraction of sp³-hybridized carbons (Fsp3) is 0.111. The molecule has 24 heteroatoms. The van der Waals surface area contributed by atoms with Crippen LogP contribution in [0.1, 0.15) is 18.2 Å². The number of benzene rings is 2. The topological polar surface area (TPSA) is 283 Å². The highest BCUT2D eigenvalue weighted by molar-refractivity contribution is 7.94. The zero-order valence-corrected chi connectivity index (χ0v) is 29.0. The van der Waals surface area contributed by atoms with Gasteiger partial charge in [-0.1, -0.05) is 28.3 Å². The Balaban J connectivity index is 1.68. The summed E-state index contributed by atoms with van der Waals surface area (Å²) in [6.07, 6.45) is 6.56. The average Bonchev–Trinajstić information content (AvgIpc) is 3.55. The van der Waals surface area contributed by atoms with Crippen molar-refractivity contribution in [3.05, 3.63) is 77.5 Å². The van der Waals surface area contributed by atoms with Crippen LogP contribution in [0.15, 0.2) is 91.0 Å². The number of ether oxygens (including phenoxy) is 1. The van der Waals surface area contributed by atoms with E-state index in [1.165, 1.54) is 50.3 Å². The monoisotopic (exact) mass is 788 g/mol. The summed E-state index contributed by atoms with van der Waals surface area (Å²) in [6.45, 7) is 2.89. The first-order valence-electron chi connectivity index (χ1n) is 13.6. The van der Waals surface area contributed by atoms with Gasteiger partial charge in [-0.3, -0.25) is 13.9 Å². The number of carbonyl (C=O) groups is 2. The highest BCUT2D eigenvalue weighted by atomic mass is 32.2. The van der Waals surface area contributed by atoms with Gasteiger partial charge in [0.15, 0.2) is 5.71 Å². The normalized spacial score (nSPS) is 14.7. The van der Waals surface area contributed by atoms with Gasteiger partial charge in [0.2, 0.25) is 5.88 Å². The predicted molar refractivity (Wildman–Crippen MR) is 175 cm³/mol. The van der Waals surface area contributed by atoms with Crippen molar-refractivity contribution < 1.29 is 74.6 Å². The smallest absolute Gasteiger partial charge is 0.359 e. The number of aromatic nitrogens is 2. The maximum atomic E-state index is 13.5. The molecule has 1 aromatic heterocycles. The third-order valence-electron chi connectivity index (χ3n) is 6.37. The molecule has 0 bridgehead atoms. The summed E-state index contributed by atoms with van der Waals surface area (Å²) >= 11 is 0.897. The van der Waals surface area contributed by atoms with E-state index >= 15 is 0 Å². The van der Waals surface area contributed by atoms with Crippen LogP contribution in [-0.2, 0) is 53.3 Å². The second kappa shape index (κ2) is 16.7. The van der Waals surface area contributed by atoms with E-state index in [0.717, 1.165) is 35.0 Å². The van der Waals surface area contributed by atoms with Gasteiger partial charge in [-0.15, -0.1) is 8.67 Å². The Morgan fingerprint density at radius 3 is 2.02 bits per heavy atom. The van der Waals surface area contributed by atoms with E-state index in [1.807, 2.05) is 0 Å².